The first-order chi connectivity index (χ1) is 12.8. The maximum absolute atomic E-state index is 12.8. The zero-order chi connectivity index (χ0) is 19.7. The van der Waals surface area contributed by atoms with Crippen LogP contribution in [0.1, 0.15) is 30.8 Å². The van der Waals surface area contributed by atoms with Crippen molar-refractivity contribution in [3.8, 4) is 0 Å². The van der Waals surface area contributed by atoms with Gasteiger partial charge in [-0.3, -0.25) is 13.9 Å². The van der Waals surface area contributed by atoms with Crippen molar-refractivity contribution in [1.29, 1.82) is 0 Å². The van der Waals surface area contributed by atoms with Gasteiger partial charge in [0.15, 0.2) is 5.65 Å². The lowest BCUT2D eigenvalue weighted by molar-refractivity contribution is 0.613. The zero-order valence-electron chi connectivity index (χ0n) is 16.3. The molecule has 0 aliphatic carbocycles. The fourth-order valence-electron chi connectivity index (χ4n) is 2.99. The number of aryl methyl sites for hydroxylation is 2. The summed E-state index contributed by atoms with van der Waals surface area (Å²) >= 11 is 1.51. The molecule has 3 aromatic rings. The normalized spacial score (nSPS) is 11.5. The molecule has 0 saturated carbocycles. The molecule has 2 aromatic heterocycles. The lowest BCUT2D eigenvalue weighted by Crippen LogP contribution is -2.37. The van der Waals surface area contributed by atoms with Gasteiger partial charge in [-0.1, -0.05) is 43.7 Å². The van der Waals surface area contributed by atoms with Crippen LogP contribution in [0, 0.1) is 12.8 Å². The monoisotopic (exact) mass is 384 g/mol. The first-order valence-electron chi connectivity index (χ1n) is 8.93. The predicted molar refractivity (Wildman–Crippen MR) is 109 cm³/mol. The summed E-state index contributed by atoms with van der Waals surface area (Å²) in [6.07, 6.45) is 0.692. The Kier molecular flexibility index (Phi) is 5.51. The second-order valence-corrected chi connectivity index (χ2v) is 8.19. The fraction of sp³-hybridized carbons (Fsp3) is 0.400. The molecule has 1 aromatic carbocycles. The number of hydrogen-bond acceptors (Lipinski definition) is 5. The number of thioether (sulfide) groups is 1. The maximum atomic E-state index is 12.8. The fourth-order valence-corrected chi connectivity index (χ4v) is 3.96. The molecule has 0 unspecified atom stereocenters. The third kappa shape index (κ3) is 3.98. The van der Waals surface area contributed by atoms with E-state index in [-0.39, 0.29) is 11.2 Å². The molecule has 0 saturated heterocycles. The summed E-state index contributed by atoms with van der Waals surface area (Å²) in [6.45, 7) is 6.24. The van der Waals surface area contributed by atoms with Crippen LogP contribution in [-0.2, 0) is 26.3 Å². The van der Waals surface area contributed by atoms with Crippen LogP contribution in [0.5, 0.6) is 0 Å². The van der Waals surface area contributed by atoms with Crippen LogP contribution >= 0.6 is 11.8 Å². The summed E-state index contributed by atoms with van der Waals surface area (Å²) < 4.78 is 2.55. The summed E-state index contributed by atoms with van der Waals surface area (Å²) in [5.74, 6) is 1.73. The number of nitrogens with zero attached hydrogens (tertiary/aromatic N) is 4. The lowest BCUT2D eigenvalue weighted by atomic mass is 10.1. The molecule has 0 aliphatic rings. The molecule has 0 atom stereocenters. The van der Waals surface area contributed by atoms with Gasteiger partial charge in [0.05, 0.1) is 0 Å². The van der Waals surface area contributed by atoms with Gasteiger partial charge in [-0.25, -0.2) is 14.8 Å². The van der Waals surface area contributed by atoms with Gasteiger partial charge in [0.25, 0.3) is 5.56 Å². The topological polar surface area (TPSA) is 69.8 Å². The Morgan fingerprint density at radius 3 is 2.52 bits per heavy atom. The summed E-state index contributed by atoms with van der Waals surface area (Å²) in [7, 11) is 3.13. The second-order valence-electron chi connectivity index (χ2n) is 7.23. The number of fused-ring (bicyclic) bond motifs is 1. The van der Waals surface area contributed by atoms with E-state index in [4.69, 9.17) is 0 Å². The van der Waals surface area contributed by atoms with Gasteiger partial charge in [0.2, 0.25) is 0 Å². The summed E-state index contributed by atoms with van der Waals surface area (Å²) in [5, 5.41) is 1.04. The van der Waals surface area contributed by atoms with Crippen LogP contribution in [0.4, 0.5) is 0 Å². The van der Waals surface area contributed by atoms with Gasteiger partial charge in [0.1, 0.15) is 16.2 Å². The second kappa shape index (κ2) is 7.68. The highest BCUT2D eigenvalue weighted by atomic mass is 32.2. The first kappa shape index (κ1) is 19.4. The average Bonchev–Trinajstić information content (AvgIpc) is 2.62. The Morgan fingerprint density at radius 1 is 1.11 bits per heavy atom. The van der Waals surface area contributed by atoms with Crippen molar-refractivity contribution in [2.75, 3.05) is 0 Å². The summed E-state index contributed by atoms with van der Waals surface area (Å²) in [4.78, 5) is 34.3. The molecule has 0 spiro atoms. The van der Waals surface area contributed by atoms with Crippen LogP contribution in [0.2, 0.25) is 0 Å². The van der Waals surface area contributed by atoms with E-state index in [0.717, 1.165) is 4.57 Å². The molecule has 0 radical (unpaired) electrons. The van der Waals surface area contributed by atoms with E-state index in [1.165, 1.54) is 34.5 Å². The summed E-state index contributed by atoms with van der Waals surface area (Å²) in [5.41, 5.74) is 2.03. The van der Waals surface area contributed by atoms with Gasteiger partial charge in [-0.2, -0.15) is 0 Å². The molecular weight excluding hydrogens is 360 g/mol. The third-order valence-corrected chi connectivity index (χ3v) is 5.41. The highest BCUT2D eigenvalue weighted by Crippen LogP contribution is 2.26. The molecule has 142 valence electrons. The van der Waals surface area contributed by atoms with E-state index in [0.29, 0.717) is 40.0 Å². The van der Waals surface area contributed by atoms with Crippen molar-refractivity contribution in [2.45, 2.75) is 38.0 Å². The highest BCUT2D eigenvalue weighted by molar-refractivity contribution is 7.98. The molecule has 0 fully saturated rings. The van der Waals surface area contributed by atoms with Crippen LogP contribution in [0.15, 0.2) is 38.9 Å². The predicted octanol–water partition coefficient (Wildman–Crippen LogP) is 2.83. The van der Waals surface area contributed by atoms with Crippen molar-refractivity contribution in [2.24, 2.45) is 20.0 Å². The number of aromatic nitrogens is 4. The van der Waals surface area contributed by atoms with Crippen molar-refractivity contribution < 1.29 is 0 Å². The van der Waals surface area contributed by atoms with E-state index in [1.807, 2.05) is 6.07 Å². The Morgan fingerprint density at radius 2 is 1.85 bits per heavy atom. The Bertz CT molecular complexity index is 1120. The van der Waals surface area contributed by atoms with E-state index in [9.17, 15) is 9.59 Å². The minimum Gasteiger partial charge on any atom is -0.280 e. The third-order valence-electron chi connectivity index (χ3n) is 4.36. The molecule has 6 nitrogen and oxygen atoms in total. The molecule has 27 heavy (non-hydrogen) atoms. The Balaban J connectivity index is 2.16. The first-order valence-corrected chi connectivity index (χ1v) is 9.91. The number of benzene rings is 1. The summed E-state index contributed by atoms with van der Waals surface area (Å²) in [6, 6.07) is 8.27. The van der Waals surface area contributed by atoms with Crippen molar-refractivity contribution >= 4 is 22.8 Å². The minimum atomic E-state index is -0.378. The van der Waals surface area contributed by atoms with Gasteiger partial charge >= 0.3 is 5.69 Å². The smallest absolute Gasteiger partial charge is 0.280 e. The molecule has 0 N–H and O–H groups in total. The SMILES string of the molecule is Cc1cccc(CSc2nc(CC(C)C)nc3c2c(=O)n(C)c(=O)n3C)c1. The van der Waals surface area contributed by atoms with Gasteiger partial charge < -0.3 is 0 Å². The van der Waals surface area contributed by atoms with Crippen LogP contribution in [0.25, 0.3) is 11.0 Å². The van der Waals surface area contributed by atoms with Crippen molar-refractivity contribution in [1.82, 2.24) is 19.1 Å². The molecule has 0 bridgehead atoms. The molecule has 0 aliphatic heterocycles. The van der Waals surface area contributed by atoms with Crippen LogP contribution in [-0.4, -0.2) is 19.1 Å². The van der Waals surface area contributed by atoms with Gasteiger partial charge in [-0.15, -0.1) is 11.8 Å². The Labute approximate surface area is 162 Å². The van der Waals surface area contributed by atoms with E-state index in [1.54, 1.807) is 7.05 Å². The van der Waals surface area contributed by atoms with Crippen LogP contribution in [0.3, 0.4) is 0 Å². The molecular formula is C20H24N4O2S. The molecule has 0 amide bonds. The quantitative estimate of drug-likeness (QED) is 0.500. The van der Waals surface area contributed by atoms with E-state index >= 15 is 0 Å². The van der Waals surface area contributed by atoms with E-state index < -0.39 is 0 Å². The standard InChI is InChI=1S/C20H24N4O2S/c1-12(2)9-15-21-17-16(19(25)24(5)20(26)23(17)4)18(22-15)27-11-14-8-6-7-13(3)10-14/h6-8,10,12H,9,11H2,1-5H3. The number of rotatable bonds is 5. The zero-order valence-corrected chi connectivity index (χ0v) is 17.1. The molecule has 3 rings (SSSR count). The lowest BCUT2D eigenvalue weighted by Gasteiger charge is -2.13. The Hall–Kier alpha value is -2.41. The van der Waals surface area contributed by atoms with Gasteiger partial charge in [-0.05, 0) is 18.4 Å². The maximum Gasteiger partial charge on any atom is 0.332 e. The minimum absolute atomic E-state index is 0.351. The largest absolute Gasteiger partial charge is 0.332 e. The van der Waals surface area contributed by atoms with Crippen LogP contribution < -0.4 is 11.2 Å². The molecule has 7 heteroatoms. The van der Waals surface area contributed by atoms with Gasteiger partial charge in [0, 0.05) is 26.3 Å². The average molecular weight is 385 g/mol. The van der Waals surface area contributed by atoms with Crippen molar-refractivity contribution in [3.05, 3.63) is 62.1 Å². The van der Waals surface area contributed by atoms with E-state index in [2.05, 4.69) is 48.9 Å². The molecule has 2 heterocycles. The highest BCUT2D eigenvalue weighted by Gasteiger charge is 2.18. The van der Waals surface area contributed by atoms with Crippen molar-refractivity contribution in [3.63, 3.8) is 0 Å². The number of hydrogen-bond donors (Lipinski definition) is 0.